The first kappa shape index (κ1) is 18.7. The van der Waals surface area contributed by atoms with E-state index in [0.717, 1.165) is 15.9 Å². The Hall–Kier alpha value is -4.06. The third kappa shape index (κ3) is 4.98. The van der Waals surface area contributed by atoms with Gasteiger partial charge in [0.2, 0.25) is 5.82 Å². The molecule has 0 unspecified atom stereocenters. The topological polar surface area (TPSA) is 123 Å². The zero-order chi connectivity index (χ0) is 19.9. The van der Waals surface area contributed by atoms with Crippen molar-refractivity contribution in [2.75, 3.05) is 11.9 Å². The molecule has 0 radical (unpaired) electrons. The predicted octanol–water partition coefficient (Wildman–Crippen LogP) is 1.70. The van der Waals surface area contributed by atoms with E-state index in [9.17, 15) is 9.59 Å². The van der Waals surface area contributed by atoms with Gasteiger partial charge in [-0.1, -0.05) is 35.9 Å². The van der Waals surface area contributed by atoms with E-state index in [0.29, 0.717) is 17.1 Å². The van der Waals surface area contributed by atoms with Crippen molar-refractivity contribution in [1.82, 2.24) is 20.2 Å². The molecule has 3 aromatic rings. The summed E-state index contributed by atoms with van der Waals surface area (Å²) in [5.74, 6) is -0.799. The molecule has 28 heavy (non-hydrogen) atoms. The summed E-state index contributed by atoms with van der Waals surface area (Å²) in [5.41, 5.74) is 2.75. The number of nitrogens with zero attached hydrogens (tertiary/aromatic N) is 5. The molecule has 1 heterocycles. The van der Waals surface area contributed by atoms with Crippen LogP contribution in [-0.2, 0) is 20.9 Å². The minimum Gasteiger partial charge on any atom is -0.454 e. The van der Waals surface area contributed by atoms with Gasteiger partial charge in [-0.3, -0.25) is 4.79 Å². The van der Waals surface area contributed by atoms with Crippen LogP contribution >= 0.6 is 0 Å². The molecule has 9 nitrogen and oxygen atoms in total. The van der Waals surface area contributed by atoms with Gasteiger partial charge in [0, 0.05) is 11.3 Å². The zero-order valence-corrected chi connectivity index (χ0v) is 15.0. The van der Waals surface area contributed by atoms with E-state index < -0.39 is 18.5 Å². The number of anilines is 1. The number of benzene rings is 2. The van der Waals surface area contributed by atoms with Crippen molar-refractivity contribution in [2.45, 2.75) is 13.5 Å². The normalized spacial score (nSPS) is 10.1. The molecule has 1 aromatic heterocycles. The number of esters is 1. The lowest BCUT2D eigenvalue weighted by atomic mass is 10.1. The highest BCUT2D eigenvalue weighted by Gasteiger charge is 2.12. The van der Waals surface area contributed by atoms with E-state index in [1.54, 1.807) is 18.2 Å². The molecule has 0 bridgehead atoms. The van der Waals surface area contributed by atoms with Crippen molar-refractivity contribution in [1.29, 1.82) is 5.26 Å². The Kier molecular flexibility index (Phi) is 5.72. The maximum atomic E-state index is 11.9. The second-order valence-electron chi connectivity index (χ2n) is 5.91. The molecule has 1 amide bonds. The van der Waals surface area contributed by atoms with Gasteiger partial charge in [0.1, 0.15) is 0 Å². The molecule has 0 fully saturated rings. The highest BCUT2D eigenvalue weighted by atomic mass is 16.5. The molecule has 2 aromatic carbocycles. The second kappa shape index (κ2) is 8.55. The first-order chi connectivity index (χ1) is 13.5. The van der Waals surface area contributed by atoms with Crippen molar-refractivity contribution in [3.63, 3.8) is 0 Å². The fourth-order valence-electron chi connectivity index (χ4n) is 2.30. The minimum absolute atomic E-state index is 0.268. The second-order valence-corrected chi connectivity index (χ2v) is 5.91. The predicted molar refractivity (Wildman–Crippen MR) is 98.7 cm³/mol. The fourth-order valence-corrected chi connectivity index (χ4v) is 2.30. The van der Waals surface area contributed by atoms with Gasteiger partial charge < -0.3 is 10.1 Å². The Morgan fingerprint density at radius 3 is 2.75 bits per heavy atom. The van der Waals surface area contributed by atoms with Gasteiger partial charge in [0.25, 0.3) is 5.91 Å². The molecule has 0 saturated carbocycles. The van der Waals surface area contributed by atoms with Crippen LogP contribution in [0.15, 0.2) is 48.5 Å². The first-order valence-electron chi connectivity index (χ1n) is 8.34. The molecule has 0 aliphatic heterocycles. The fraction of sp³-hybridized carbons (Fsp3) is 0.158. The summed E-state index contributed by atoms with van der Waals surface area (Å²) in [7, 11) is 0. The summed E-state index contributed by atoms with van der Waals surface area (Å²) >= 11 is 0. The minimum atomic E-state index is -0.672. The van der Waals surface area contributed by atoms with Gasteiger partial charge in [0.15, 0.2) is 13.2 Å². The van der Waals surface area contributed by atoms with E-state index in [1.807, 2.05) is 37.3 Å². The molecule has 0 saturated heterocycles. The summed E-state index contributed by atoms with van der Waals surface area (Å²) in [6.07, 6.45) is 0. The summed E-state index contributed by atoms with van der Waals surface area (Å²) in [4.78, 5) is 24.9. The van der Waals surface area contributed by atoms with Gasteiger partial charge >= 0.3 is 5.97 Å². The summed E-state index contributed by atoms with van der Waals surface area (Å²) < 4.78 is 4.92. The Balaban J connectivity index is 1.49. The van der Waals surface area contributed by atoms with Gasteiger partial charge in [-0.05, 0) is 30.3 Å². The molecule has 3 rings (SSSR count). The molecular formula is C19H16N6O3. The molecular weight excluding hydrogens is 360 g/mol. The van der Waals surface area contributed by atoms with Crippen LogP contribution in [0.1, 0.15) is 11.1 Å². The maximum Gasteiger partial charge on any atom is 0.330 e. The van der Waals surface area contributed by atoms with Crippen LogP contribution in [-0.4, -0.2) is 38.7 Å². The van der Waals surface area contributed by atoms with Crippen LogP contribution in [0.2, 0.25) is 0 Å². The summed E-state index contributed by atoms with van der Waals surface area (Å²) in [6, 6.07) is 16.0. The lowest BCUT2D eigenvalue weighted by Crippen LogP contribution is -2.23. The number of nitriles is 1. The largest absolute Gasteiger partial charge is 0.454 e. The van der Waals surface area contributed by atoms with Gasteiger partial charge in [-0.25, -0.2) is 4.79 Å². The molecule has 9 heteroatoms. The SMILES string of the molecule is Cc1ccc(-c2nnn(CC(=O)OCC(=O)Nc3cccc(C#N)c3)n2)cc1. The number of ether oxygens (including phenoxy) is 1. The summed E-state index contributed by atoms with van der Waals surface area (Å²) in [5, 5.41) is 23.2. The van der Waals surface area contributed by atoms with Gasteiger partial charge in [0.05, 0.1) is 11.6 Å². The van der Waals surface area contributed by atoms with E-state index >= 15 is 0 Å². The number of rotatable bonds is 6. The van der Waals surface area contributed by atoms with E-state index in [1.165, 1.54) is 6.07 Å². The lowest BCUT2D eigenvalue weighted by Gasteiger charge is -2.06. The number of nitrogens with one attached hydrogen (secondary N) is 1. The van der Waals surface area contributed by atoms with Crippen molar-refractivity contribution in [3.05, 3.63) is 59.7 Å². The number of amides is 1. The van der Waals surface area contributed by atoms with E-state index in [2.05, 4.69) is 20.7 Å². The molecule has 140 valence electrons. The van der Waals surface area contributed by atoms with E-state index in [4.69, 9.17) is 10.00 Å². The van der Waals surface area contributed by atoms with Crippen LogP contribution in [0.25, 0.3) is 11.4 Å². The van der Waals surface area contributed by atoms with Crippen LogP contribution in [0.4, 0.5) is 5.69 Å². The number of hydrogen-bond acceptors (Lipinski definition) is 7. The van der Waals surface area contributed by atoms with Crippen molar-refractivity contribution < 1.29 is 14.3 Å². The number of aromatic nitrogens is 4. The Morgan fingerprint density at radius 1 is 1.21 bits per heavy atom. The van der Waals surface area contributed by atoms with Gasteiger partial charge in [-0.2, -0.15) is 10.1 Å². The monoisotopic (exact) mass is 376 g/mol. The van der Waals surface area contributed by atoms with Crippen LogP contribution in [0.5, 0.6) is 0 Å². The summed E-state index contributed by atoms with van der Waals surface area (Å²) in [6.45, 7) is 1.24. The van der Waals surface area contributed by atoms with Crippen LogP contribution in [0, 0.1) is 18.3 Å². The molecule has 0 atom stereocenters. The molecule has 1 N–H and O–H groups in total. The highest BCUT2D eigenvalue weighted by molar-refractivity contribution is 5.92. The molecule has 0 aliphatic carbocycles. The maximum absolute atomic E-state index is 11.9. The van der Waals surface area contributed by atoms with E-state index in [-0.39, 0.29) is 6.54 Å². The number of tetrazole rings is 1. The van der Waals surface area contributed by atoms with Crippen LogP contribution < -0.4 is 5.32 Å². The molecule has 0 spiro atoms. The first-order valence-corrected chi connectivity index (χ1v) is 8.34. The average molecular weight is 376 g/mol. The van der Waals surface area contributed by atoms with Crippen molar-refractivity contribution in [3.8, 4) is 17.5 Å². The third-order valence-corrected chi connectivity index (χ3v) is 3.67. The number of carbonyl (C=O) groups excluding carboxylic acids is 2. The average Bonchev–Trinajstić information content (AvgIpc) is 3.15. The third-order valence-electron chi connectivity index (χ3n) is 3.67. The van der Waals surface area contributed by atoms with Gasteiger partial charge in [-0.15, -0.1) is 10.2 Å². The Bertz CT molecular complexity index is 1040. The lowest BCUT2D eigenvalue weighted by molar-refractivity contribution is -0.148. The smallest absolute Gasteiger partial charge is 0.330 e. The quantitative estimate of drug-likeness (QED) is 0.650. The highest BCUT2D eigenvalue weighted by Crippen LogP contribution is 2.14. The Labute approximate surface area is 160 Å². The number of hydrogen-bond donors (Lipinski definition) is 1. The van der Waals surface area contributed by atoms with Crippen molar-refractivity contribution >= 4 is 17.6 Å². The van der Waals surface area contributed by atoms with Crippen molar-refractivity contribution in [2.24, 2.45) is 0 Å². The van der Waals surface area contributed by atoms with Crippen LogP contribution in [0.3, 0.4) is 0 Å². The number of aryl methyl sites for hydroxylation is 1. The Morgan fingerprint density at radius 2 is 2.00 bits per heavy atom. The number of carbonyl (C=O) groups is 2. The molecule has 0 aliphatic rings. The standard InChI is InChI=1S/C19H16N6O3/c1-13-5-7-15(8-6-13)19-22-24-25(23-19)11-18(27)28-12-17(26)21-16-4-2-3-14(9-16)10-20/h2-9H,11-12H2,1H3,(H,21,26). The zero-order valence-electron chi connectivity index (χ0n) is 15.0.